The Morgan fingerprint density at radius 3 is 2.88 bits per heavy atom. The van der Waals surface area contributed by atoms with Crippen molar-refractivity contribution in [2.45, 2.75) is 6.42 Å². The van der Waals surface area contributed by atoms with Gasteiger partial charge in [0.1, 0.15) is 5.75 Å². The molecule has 2 nitrogen and oxygen atoms in total. The second-order valence-corrected chi connectivity index (χ2v) is 4.59. The highest BCUT2D eigenvalue weighted by Crippen LogP contribution is 2.28. The summed E-state index contributed by atoms with van der Waals surface area (Å²) in [6.07, 6.45) is 1.16. The lowest BCUT2D eigenvalue weighted by Crippen LogP contribution is -2.15. The van der Waals surface area contributed by atoms with Crippen molar-refractivity contribution in [3.05, 3.63) is 28.2 Å². The van der Waals surface area contributed by atoms with Crippen LogP contribution in [0.4, 0.5) is 0 Å². The van der Waals surface area contributed by atoms with Gasteiger partial charge in [-0.25, -0.2) is 0 Å². The summed E-state index contributed by atoms with van der Waals surface area (Å²) in [6.45, 7) is 2.81. The van der Waals surface area contributed by atoms with Crippen molar-refractivity contribution in [1.82, 2.24) is 5.32 Å². The molecule has 1 aliphatic rings. The first kappa shape index (κ1) is 13.9. The van der Waals surface area contributed by atoms with Gasteiger partial charge in [0.15, 0.2) is 0 Å². The summed E-state index contributed by atoms with van der Waals surface area (Å²) in [5.41, 5.74) is 0. The zero-order valence-corrected chi connectivity index (χ0v) is 11.0. The molecule has 0 aliphatic carbocycles. The van der Waals surface area contributed by atoms with Crippen LogP contribution in [0.3, 0.4) is 0 Å². The van der Waals surface area contributed by atoms with Crippen molar-refractivity contribution < 1.29 is 4.74 Å². The first-order chi connectivity index (χ1) is 7.25. The van der Waals surface area contributed by atoms with E-state index in [0.29, 0.717) is 28.3 Å². The van der Waals surface area contributed by atoms with Gasteiger partial charge in [-0.1, -0.05) is 23.2 Å². The van der Waals surface area contributed by atoms with Crippen molar-refractivity contribution in [2.24, 2.45) is 5.92 Å². The first-order valence-electron chi connectivity index (χ1n) is 5.04. The molecule has 0 saturated carbocycles. The van der Waals surface area contributed by atoms with Gasteiger partial charge in [-0.2, -0.15) is 0 Å². The first-order valence-corrected chi connectivity index (χ1v) is 5.80. The van der Waals surface area contributed by atoms with Crippen LogP contribution in [0.2, 0.25) is 10.0 Å². The van der Waals surface area contributed by atoms with Crippen molar-refractivity contribution in [3.8, 4) is 5.75 Å². The average Bonchev–Trinajstić information content (AvgIpc) is 2.72. The molecule has 0 amide bonds. The van der Waals surface area contributed by atoms with Gasteiger partial charge in [0.25, 0.3) is 0 Å². The van der Waals surface area contributed by atoms with E-state index in [9.17, 15) is 0 Å². The zero-order valence-electron chi connectivity index (χ0n) is 8.71. The van der Waals surface area contributed by atoms with Crippen LogP contribution in [0.25, 0.3) is 0 Å². The Hall–Kier alpha value is -0.150. The second kappa shape index (κ2) is 6.55. The van der Waals surface area contributed by atoms with Crippen LogP contribution in [0.15, 0.2) is 18.2 Å². The van der Waals surface area contributed by atoms with Crippen LogP contribution in [0, 0.1) is 5.92 Å². The van der Waals surface area contributed by atoms with E-state index >= 15 is 0 Å². The lowest BCUT2D eigenvalue weighted by Gasteiger charge is -2.12. The average molecular weight is 283 g/mol. The highest BCUT2D eigenvalue weighted by atomic mass is 35.5. The lowest BCUT2D eigenvalue weighted by molar-refractivity contribution is 0.260. The van der Waals surface area contributed by atoms with Crippen LogP contribution in [-0.2, 0) is 0 Å². The quantitative estimate of drug-likeness (QED) is 0.917. The van der Waals surface area contributed by atoms with E-state index < -0.39 is 0 Å². The number of rotatable bonds is 3. The van der Waals surface area contributed by atoms with Gasteiger partial charge in [-0.05, 0) is 25.1 Å². The SMILES string of the molecule is Cl.Clc1ccc(Cl)c(OCC2CCNC2)c1. The van der Waals surface area contributed by atoms with Crippen LogP contribution in [-0.4, -0.2) is 19.7 Å². The van der Waals surface area contributed by atoms with Crippen molar-refractivity contribution in [2.75, 3.05) is 19.7 Å². The lowest BCUT2D eigenvalue weighted by atomic mass is 10.1. The van der Waals surface area contributed by atoms with Gasteiger partial charge in [0, 0.05) is 23.6 Å². The fraction of sp³-hybridized carbons (Fsp3) is 0.455. The Kier molecular flexibility index (Phi) is 5.70. The number of hydrogen-bond donors (Lipinski definition) is 1. The summed E-state index contributed by atoms with van der Waals surface area (Å²) in [5.74, 6) is 1.26. The van der Waals surface area contributed by atoms with Gasteiger partial charge in [0.2, 0.25) is 0 Å². The molecule has 0 radical (unpaired) electrons. The molecule has 1 heterocycles. The maximum atomic E-state index is 5.98. The smallest absolute Gasteiger partial charge is 0.139 e. The molecule has 1 atom stereocenters. The second-order valence-electron chi connectivity index (χ2n) is 3.74. The zero-order chi connectivity index (χ0) is 10.7. The molecule has 0 bridgehead atoms. The van der Waals surface area contributed by atoms with Gasteiger partial charge in [0.05, 0.1) is 11.6 Å². The molecule has 1 fully saturated rings. The molecule has 2 rings (SSSR count). The van der Waals surface area contributed by atoms with E-state index in [1.165, 1.54) is 0 Å². The molecule has 1 aliphatic heterocycles. The maximum Gasteiger partial charge on any atom is 0.139 e. The van der Waals surface area contributed by atoms with Gasteiger partial charge < -0.3 is 10.1 Å². The predicted molar refractivity (Wildman–Crippen MR) is 70.2 cm³/mol. The summed E-state index contributed by atoms with van der Waals surface area (Å²) in [5, 5.41) is 4.56. The Labute approximate surface area is 112 Å². The van der Waals surface area contributed by atoms with E-state index in [-0.39, 0.29) is 12.4 Å². The number of nitrogens with one attached hydrogen (secondary N) is 1. The fourth-order valence-electron chi connectivity index (χ4n) is 1.65. The topological polar surface area (TPSA) is 21.3 Å². The molecule has 1 saturated heterocycles. The summed E-state index contributed by atoms with van der Waals surface area (Å²) >= 11 is 11.8. The van der Waals surface area contributed by atoms with Crippen LogP contribution < -0.4 is 10.1 Å². The van der Waals surface area contributed by atoms with Crippen LogP contribution in [0.5, 0.6) is 5.75 Å². The predicted octanol–water partition coefficient (Wildman–Crippen LogP) is 3.40. The minimum absolute atomic E-state index is 0. The van der Waals surface area contributed by atoms with Crippen molar-refractivity contribution in [1.29, 1.82) is 0 Å². The van der Waals surface area contributed by atoms with Crippen LogP contribution in [0.1, 0.15) is 6.42 Å². The van der Waals surface area contributed by atoms with Crippen molar-refractivity contribution in [3.63, 3.8) is 0 Å². The Morgan fingerprint density at radius 2 is 2.19 bits per heavy atom. The molecule has 1 aromatic carbocycles. The number of hydrogen-bond acceptors (Lipinski definition) is 2. The molecule has 5 heteroatoms. The largest absolute Gasteiger partial charge is 0.492 e. The van der Waals surface area contributed by atoms with E-state index in [4.69, 9.17) is 27.9 Å². The number of benzene rings is 1. The normalized spacial score (nSPS) is 19.2. The Morgan fingerprint density at radius 1 is 1.38 bits per heavy atom. The minimum atomic E-state index is 0. The van der Waals surface area contributed by atoms with Gasteiger partial charge >= 0.3 is 0 Å². The van der Waals surface area contributed by atoms with E-state index in [1.807, 2.05) is 0 Å². The minimum Gasteiger partial charge on any atom is -0.492 e. The Bertz CT molecular complexity index is 340. The third kappa shape index (κ3) is 3.70. The molecule has 1 unspecified atom stereocenters. The fourth-order valence-corrected chi connectivity index (χ4v) is 1.99. The number of ether oxygens (including phenoxy) is 1. The van der Waals surface area contributed by atoms with E-state index in [2.05, 4.69) is 5.32 Å². The molecule has 1 aromatic rings. The van der Waals surface area contributed by atoms with Crippen LogP contribution >= 0.6 is 35.6 Å². The van der Waals surface area contributed by atoms with E-state index in [0.717, 1.165) is 19.5 Å². The van der Waals surface area contributed by atoms with Gasteiger partial charge in [-0.15, -0.1) is 12.4 Å². The Balaban J connectivity index is 0.00000128. The summed E-state index contributed by atoms with van der Waals surface area (Å²) in [7, 11) is 0. The molecular formula is C11H14Cl3NO. The molecule has 0 spiro atoms. The highest BCUT2D eigenvalue weighted by Gasteiger charge is 2.15. The van der Waals surface area contributed by atoms with Crippen molar-refractivity contribution >= 4 is 35.6 Å². The monoisotopic (exact) mass is 281 g/mol. The summed E-state index contributed by atoms with van der Waals surface area (Å²) < 4.78 is 5.65. The van der Waals surface area contributed by atoms with Gasteiger partial charge in [-0.3, -0.25) is 0 Å². The third-order valence-electron chi connectivity index (χ3n) is 2.53. The molecule has 90 valence electrons. The maximum absolute atomic E-state index is 5.98. The molecule has 16 heavy (non-hydrogen) atoms. The highest BCUT2D eigenvalue weighted by molar-refractivity contribution is 6.34. The molecule has 0 aromatic heterocycles. The number of halogens is 3. The summed E-state index contributed by atoms with van der Waals surface area (Å²) in [4.78, 5) is 0. The molecule has 1 N–H and O–H groups in total. The molecular weight excluding hydrogens is 268 g/mol. The third-order valence-corrected chi connectivity index (χ3v) is 3.08. The standard InChI is InChI=1S/C11H13Cl2NO.ClH/c12-9-1-2-10(13)11(5-9)15-7-8-3-4-14-6-8;/h1-2,5,8,14H,3-4,6-7H2;1H. The summed E-state index contributed by atoms with van der Waals surface area (Å²) in [6, 6.07) is 5.27. The van der Waals surface area contributed by atoms with E-state index in [1.54, 1.807) is 18.2 Å².